The first-order valence-electron chi connectivity index (χ1n) is 13.1. The van der Waals surface area contributed by atoms with Gasteiger partial charge in [0.1, 0.15) is 6.54 Å². The van der Waals surface area contributed by atoms with Gasteiger partial charge in [0.2, 0.25) is 5.91 Å². The Balaban J connectivity index is 1.58. The molecule has 1 aromatic heterocycles. The number of amides is 2. The lowest BCUT2D eigenvalue weighted by Gasteiger charge is -2.28. The van der Waals surface area contributed by atoms with E-state index >= 15 is 0 Å². The van der Waals surface area contributed by atoms with Crippen LogP contribution in [0.1, 0.15) is 27.9 Å². The van der Waals surface area contributed by atoms with Gasteiger partial charge in [0.25, 0.3) is 11.6 Å². The van der Waals surface area contributed by atoms with E-state index in [1.165, 1.54) is 29.2 Å². The van der Waals surface area contributed by atoms with E-state index in [0.717, 1.165) is 22.0 Å². The number of ether oxygens (including phenoxy) is 1. The molecule has 9 nitrogen and oxygen atoms in total. The van der Waals surface area contributed by atoms with E-state index in [2.05, 4.69) is 4.98 Å². The minimum Gasteiger partial charge on any atom is -0.385 e. The second-order valence-corrected chi connectivity index (χ2v) is 10.4. The lowest BCUT2D eigenvalue weighted by atomic mass is 10.1. The van der Waals surface area contributed by atoms with E-state index in [0.29, 0.717) is 36.0 Å². The average molecular weight is 597 g/mol. The summed E-state index contributed by atoms with van der Waals surface area (Å²) in [7, 11) is 1.56. The van der Waals surface area contributed by atoms with Crippen LogP contribution in [0.25, 0.3) is 10.9 Å². The van der Waals surface area contributed by atoms with Crippen LogP contribution in [0.4, 0.5) is 5.69 Å². The van der Waals surface area contributed by atoms with Crippen molar-refractivity contribution in [1.82, 2.24) is 14.8 Å². The number of nitro benzene ring substituents is 1. The van der Waals surface area contributed by atoms with Gasteiger partial charge < -0.3 is 19.5 Å². The van der Waals surface area contributed by atoms with Crippen LogP contribution in [0.3, 0.4) is 0 Å². The molecule has 0 saturated heterocycles. The standard InChI is InChI=1S/C30H30Cl2N4O5/c1-41-15-5-13-35(30(38)22-6-4-7-24(17-22)36(39)40)20-29(37)34(19-21-10-11-26(31)27(32)16-21)14-12-23-18-33-28-9-3-2-8-25(23)28/h2-4,6-11,16-18,33H,5,12-15,19-20H2,1H3. The third-order valence-electron chi connectivity index (χ3n) is 6.73. The molecule has 0 atom stereocenters. The smallest absolute Gasteiger partial charge is 0.270 e. The molecule has 0 radical (unpaired) electrons. The molecule has 4 aromatic rings. The third-order valence-corrected chi connectivity index (χ3v) is 7.47. The first-order valence-corrected chi connectivity index (χ1v) is 13.8. The van der Waals surface area contributed by atoms with E-state index in [9.17, 15) is 19.7 Å². The molecule has 3 aromatic carbocycles. The molecule has 0 bridgehead atoms. The van der Waals surface area contributed by atoms with Crippen molar-refractivity contribution in [2.45, 2.75) is 19.4 Å². The molecule has 41 heavy (non-hydrogen) atoms. The minimum atomic E-state index is -0.555. The summed E-state index contributed by atoms with van der Waals surface area (Å²) >= 11 is 12.4. The Hall–Kier alpha value is -3.92. The number of fused-ring (bicyclic) bond motifs is 1. The SMILES string of the molecule is COCCCN(CC(=O)N(CCc1c[nH]c2ccccc12)Cc1ccc(Cl)c(Cl)c1)C(=O)c1cccc([N+](=O)[O-])c1. The second kappa shape index (κ2) is 14.1. The first kappa shape index (κ1) is 30.0. The van der Waals surface area contributed by atoms with Crippen molar-refractivity contribution in [1.29, 1.82) is 0 Å². The number of nitrogens with zero attached hydrogens (tertiary/aromatic N) is 3. The molecule has 0 aliphatic heterocycles. The summed E-state index contributed by atoms with van der Waals surface area (Å²) in [6.07, 6.45) is 3.02. The molecule has 214 valence electrons. The van der Waals surface area contributed by atoms with Crippen molar-refractivity contribution in [3.05, 3.63) is 110 Å². The fourth-order valence-electron chi connectivity index (χ4n) is 4.59. The number of carbonyl (C=O) groups is 2. The molecule has 0 fully saturated rings. The first-order chi connectivity index (χ1) is 19.8. The highest BCUT2D eigenvalue weighted by Crippen LogP contribution is 2.24. The van der Waals surface area contributed by atoms with E-state index in [1.54, 1.807) is 24.1 Å². The fraction of sp³-hybridized carbons (Fsp3) is 0.267. The minimum absolute atomic E-state index is 0.138. The number of nitrogens with one attached hydrogen (secondary N) is 1. The van der Waals surface area contributed by atoms with Gasteiger partial charge in [0, 0.05) is 68.1 Å². The molecule has 4 rings (SSSR count). The molecule has 0 saturated carbocycles. The Kier molecular flexibility index (Phi) is 10.3. The van der Waals surface area contributed by atoms with Crippen molar-refractivity contribution < 1.29 is 19.2 Å². The lowest BCUT2D eigenvalue weighted by molar-refractivity contribution is -0.384. The van der Waals surface area contributed by atoms with Gasteiger partial charge in [-0.1, -0.05) is 53.5 Å². The number of hydrogen-bond acceptors (Lipinski definition) is 5. The number of non-ortho nitro benzene ring substituents is 1. The van der Waals surface area contributed by atoms with Gasteiger partial charge in [-0.15, -0.1) is 0 Å². The highest BCUT2D eigenvalue weighted by Gasteiger charge is 2.24. The number of aromatic amines is 1. The number of aromatic nitrogens is 1. The van der Waals surface area contributed by atoms with Crippen LogP contribution in [0.5, 0.6) is 0 Å². The zero-order valence-corrected chi connectivity index (χ0v) is 24.0. The maximum atomic E-state index is 13.8. The van der Waals surface area contributed by atoms with Crippen molar-refractivity contribution in [2.75, 3.05) is 33.4 Å². The van der Waals surface area contributed by atoms with Crippen LogP contribution in [0, 0.1) is 10.1 Å². The van der Waals surface area contributed by atoms with E-state index in [1.807, 2.05) is 36.5 Å². The maximum Gasteiger partial charge on any atom is 0.270 e. The number of carbonyl (C=O) groups excluding carboxylic acids is 2. The van der Waals surface area contributed by atoms with Crippen LogP contribution >= 0.6 is 23.2 Å². The van der Waals surface area contributed by atoms with E-state index in [4.69, 9.17) is 27.9 Å². The van der Waals surface area contributed by atoms with E-state index in [-0.39, 0.29) is 36.8 Å². The molecule has 2 amide bonds. The Labute approximate surface area is 247 Å². The Morgan fingerprint density at radius 3 is 2.54 bits per heavy atom. The van der Waals surface area contributed by atoms with Crippen molar-refractivity contribution in [2.24, 2.45) is 0 Å². The van der Waals surface area contributed by atoms with Gasteiger partial charge in [0.05, 0.1) is 15.0 Å². The molecule has 11 heteroatoms. The largest absolute Gasteiger partial charge is 0.385 e. The van der Waals surface area contributed by atoms with Crippen LogP contribution in [-0.2, 0) is 22.5 Å². The number of methoxy groups -OCH3 is 1. The van der Waals surface area contributed by atoms with Crippen molar-refractivity contribution in [3.63, 3.8) is 0 Å². The normalized spacial score (nSPS) is 11.0. The molecule has 0 aliphatic rings. The lowest BCUT2D eigenvalue weighted by Crippen LogP contribution is -2.44. The summed E-state index contributed by atoms with van der Waals surface area (Å²) < 4.78 is 5.15. The number of halogens is 2. The van der Waals surface area contributed by atoms with Crippen LogP contribution in [-0.4, -0.2) is 64.9 Å². The van der Waals surface area contributed by atoms with Gasteiger partial charge in [-0.25, -0.2) is 0 Å². The van der Waals surface area contributed by atoms with Gasteiger partial charge >= 0.3 is 0 Å². The summed E-state index contributed by atoms with van der Waals surface area (Å²) in [5, 5.41) is 13.2. The van der Waals surface area contributed by atoms with E-state index < -0.39 is 10.8 Å². The number of benzene rings is 3. The summed E-state index contributed by atoms with van der Waals surface area (Å²) in [6, 6.07) is 18.7. The number of para-hydroxylation sites is 1. The van der Waals surface area contributed by atoms with Gasteiger partial charge in [0.15, 0.2) is 0 Å². The number of rotatable bonds is 13. The predicted octanol–water partition coefficient (Wildman–Crippen LogP) is 6.13. The van der Waals surface area contributed by atoms with Gasteiger partial charge in [-0.05, 0) is 48.2 Å². The molecular weight excluding hydrogens is 567 g/mol. The fourth-order valence-corrected chi connectivity index (χ4v) is 4.92. The Morgan fingerprint density at radius 2 is 1.78 bits per heavy atom. The van der Waals surface area contributed by atoms with Crippen LogP contribution in [0.15, 0.2) is 72.9 Å². The molecular formula is C30H30Cl2N4O5. The summed E-state index contributed by atoms with van der Waals surface area (Å²) in [4.78, 5) is 44.3. The monoisotopic (exact) mass is 596 g/mol. The predicted molar refractivity (Wildman–Crippen MR) is 159 cm³/mol. The second-order valence-electron chi connectivity index (χ2n) is 9.55. The highest BCUT2D eigenvalue weighted by atomic mass is 35.5. The number of H-pyrrole nitrogens is 1. The maximum absolute atomic E-state index is 13.8. The quantitative estimate of drug-likeness (QED) is 0.113. The average Bonchev–Trinajstić information content (AvgIpc) is 3.39. The summed E-state index contributed by atoms with van der Waals surface area (Å²) in [5.74, 6) is -0.739. The Bertz CT molecular complexity index is 1540. The van der Waals surface area contributed by atoms with Crippen LogP contribution < -0.4 is 0 Å². The molecule has 1 N–H and O–H groups in total. The molecule has 0 spiro atoms. The summed E-state index contributed by atoms with van der Waals surface area (Å²) in [5.41, 5.74) is 2.81. The number of hydrogen-bond donors (Lipinski definition) is 1. The molecule has 0 aliphatic carbocycles. The zero-order valence-electron chi connectivity index (χ0n) is 22.5. The third kappa shape index (κ3) is 7.85. The Morgan fingerprint density at radius 1 is 0.976 bits per heavy atom. The topological polar surface area (TPSA) is 109 Å². The van der Waals surface area contributed by atoms with Crippen molar-refractivity contribution >= 4 is 51.6 Å². The van der Waals surface area contributed by atoms with Gasteiger partial charge in [-0.3, -0.25) is 19.7 Å². The van der Waals surface area contributed by atoms with Crippen molar-refractivity contribution in [3.8, 4) is 0 Å². The molecule has 1 heterocycles. The zero-order chi connectivity index (χ0) is 29.4. The highest BCUT2D eigenvalue weighted by molar-refractivity contribution is 6.42. The van der Waals surface area contributed by atoms with Gasteiger partial charge in [-0.2, -0.15) is 0 Å². The van der Waals surface area contributed by atoms with Crippen LogP contribution in [0.2, 0.25) is 10.0 Å². The summed E-state index contributed by atoms with van der Waals surface area (Å²) in [6.45, 7) is 1.07. The number of nitro groups is 1. The molecule has 0 unspecified atom stereocenters.